The van der Waals surface area contributed by atoms with E-state index >= 15 is 0 Å². The molecule has 0 bridgehead atoms. The molecule has 1 aromatic carbocycles. The van der Waals surface area contributed by atoms with Gasteiger partial charge in [-0.25, -0.2) is 4.79 Å². The summed E-state index contributed by atoms with van der Waals surface area (Å²) in [4.78, 5) is 15.1. The van der Waals surface area contributed by atoms with E-state index < -0.39 is 11.7 Å². The zero-order valence-electron chi connectivity index (χ0n) is 14.1. The lowest BCUT2D eigenvalue weighted by atomic mass is 10.0. The quantitative estimate of drug-likeness (QED) is 0.790. The highest BCUT2D eigenvalue weighted by Gasteiger charge is 2.20. The lowest BCUT2D eigenvalue weighted by Crippen LogP contribution is -2.44. The summed E-state index contributed by atoms with van der Waals surface area (Å²) in [5, 5.41) is 3.89. The van der Waals surface area contributed by atoms with Crippen LogP contribution in [0.15, 0.2) is 24.4 Å². The Morgan fingerprint density at radius 2 is 2.13 bits per heavy atom. The molecule has 0 aliphatic heterocycles. The highest BCUT2D eigenvalue weighted by molar-refractivity contribution is 5.84. The molecule has 1 atom stereocenters. The van der Waals surface area contributed by atoms with E-state index in [1.54, 1.807) is 7.11 Å². The van der Waals surface area contributed by atoms with Crippen LogP contribution in [0.5, 0.6) is 5.75 Å². The number of H-pyrrole nitrogens is 1. The summed E-state index contributed by atoms with van der Waals surface area (Å²) in [6, 6.07) is 5.65. The Bertz CT molecular complexity index is 673. The second-order valence-electron chi connectivity index (χ2n) is 6.51. The number of aromatic nitrogens is 1. The monoisotopic (exact) mass is 319 g/mol. The Labute approximate surface area is 136 Å². The number of amides is 1. The zero-order valence-corrected chi connectivity index (χ0v) is 14.1. The number of ether oxygens (including phenoxy) is 2. The number of carbonyl (C=O) groups excluding carboxylic acids is 1. The van der Waals surface area contributed by atoms with Crippen LogP contribution in [0.1, 0.15) is 26.3 Å². The Morgan fingerprint density at radius 3 is 2.74 bits per heavy atom. The number of nitrogens with two attached hydrogens (primary N) is 1. The number of alkyl carbamates (subject to hydrolysis) is 1. The van der Waals surface area contributed by atoms with Crippen LogP contribution in [-0.4, -0.2) is 36.4 Å². The minimum absolute atomic E-state index is 0.199. The average molecular weight is 319 g/mol. The minimum Gasteiger partial charge on any atom is -0.497 e. The molecule has 0 fully saturated rings. The van der Waals surface area contributed by atoms with Crippen molar-refractivity contribution in [3.8, 4) is 5.75 Å². The normalized spacial score (nSPS) is 12.9. The molecule has 1 heterocycles. The van der Waals surface area contributed by atoms with Crippen molar-refractivity contribution in [1.82, 2.24) is 10.3 Å². The molecule has 126 valence electrons. The molecule has 2 aromatic rings. The number of aromatic amines is 1. The molecule has 4 N–H and O–H groups in total. The van der Waals surface area contributed by atoms with Crippen LogP contribution in [0.4, 0.5) is 4.79 Å². The summed E-state index contributed by atoms with van der Waals surface area (Å²) in [6.07, 6.45) is 2.09. The predicted octanol–water partition coefficient (Wildman–Crippen LogP) is 2.57. The number of rotatable bonds is 5. The molecular formula is C17H25N3O3. The Balaban J connectivity index is 2.11. The first-order valence-electron chi connectivity index (χ1n) is 7.66. The van der Waals surface area contributed by atoms with Gasteiger partial charge in [-0.3, -0.25) is 0 Å². The first kappa shape index (κ1) is 17.1. The van der Waals surface area contributed by atoms with Gasteiger partial charge >= 0.3 is 6.09 Å². The molecule has 1 amide bonds. The van der Waals surface area contributed by atoms with E-state index in [2.05, 4.69) is 10.3 Å². The third-order valence-electron chi connectivity index (χ3n) is 3.45. The highest BCUT2D eigenvalue weighted by atomic mass is 16.6. The van der Waals surface area contributed by atoms with E-state index in [4.69, 9.17) is 15.2 Å². The second-order valence-corrected chi connectivity index (χ2v) is 6.51. The molecular weight excluding hydrogens is 294 g/mol. The molecule has 0 saturated carbocycles. The van der Waals surface area contributed by atoms with Gasteiger partial charge in [0.2, 0.25) is 0 Å². The van der Waals surface area contributed by atoms with Gasteiger partial charge in [-0.2, -0.15) is 0 Å². The minimum atomic E-state index is -0.530. The lowest BCUT2D eigenvalue weighted by Gasteiger charge is -2.23. The summed E-state index contributed by atoms with van der Waals surface area (Å²) in [5.41, 5.74) is 7.36. The zero-order chi connectivity index (χ0) is 17.0. The number of carbonyl (C=O) groups is 1. The standard InChI is InChI=1S/C17H25N3O3/c1-17(2,3)23-16(21)20-12(9-18)7-11-10-19-15-6-5-13(22-4)8-14(11)15/h5-6,8,10,12,19H,7,9,18H2,1-4H3,(H,20,21)/t12-/m0/s1. The van der Waals surface area contributed by atoms with E-state index in [1.807, 2.05) is 45.2 Å². The first-order valence-corrected chi connectivity index (χ1v) is 7.66. The van der Waals surface area contributed by atoms with Crippen LogP contribution in [0.25, 0.3) is 10.9 Å². The maximum Gasteiger partial charge on any atom is 0.407 e. The Hall–Kier alpha value is -2.21. The van der Waals surface area contributed by atoms with Crippen LogP contribution in [0.2, 0.25) is 0 Å². The topological polar surface area (TPSA) is 89.4 Å². The Kier molecular flexibility index (Phi) is 5.15. The molecule has 6 heteroatoms. The molecule has 0 spiro atoms. The molecule has 23 heavy (non-hydrogen) atoms. The van der Waals surface area contributed by atoms with Gasteiger partial charge in [0.15, 0.2) is 0 Å². The van der Waals surface area contributed by atoms with E-state index in [0.29, 0.717) is 13.0 Å². The van der Waals surface area contributed by atoms with Crippen LogP contribution in [0, 0.1) is 0 Å². The van der Waals surface area contributed by atoms with E-state index in [9.17, 15) is 4.79 Å². The van der Waals surface area contributed by atoms with Gasteiger partial charge in [-0.15, -0.1) is 0 Å². The fourth-order valence-corrected chi connectivity index (χ4v) is 2.39. The molecule has 2 rings (SSSR count). The first-order chi connectivity index (χ1) is 10.8. The number of hydrogen-bond acceptors (Lipinski definition) is 4. The number of fused-ring (bicyclic) bond motifs is 1. The van der Waals surface area contributed by atoms with Gasteiger partial charge in [0.25, 0.3) is 0 Å². The van der Waals surface area contributed by atoms with Crippen LogP contribution in [-0.2, 0) is 11.2 Å². The molecule has 1 aromatic heterocycles. The fraction of sp³-hybridized carbons (Fsp3) is 0.471. The molecule has 0 aliphatic rings. The summed E-state index contributed by atoms with van der Waals surface area (Å²) < 4.78 is 10.5. The van der Waals surface area contributed by atoms with Gasteiger partial charge in [-0.1, -0.05) is 0 Å². The van der Waals surface area contributed by atoms with Gasteiger partial charge in [0.1, 0.15) is 11.4 Å². The van der Waals surface area contributed by atoms with Gasteiger partial charge in [0.05, 0.1) is 7.11 Å². The van der Waals surface area contributed by atoms with Crippen molar-refractivity contribution in [1.29, 1.82) is 0 Å². The molecule has 0 unspecified atom stereocenters. The second kappa shape index (κ2) is 6.91. The molecule has 0 radical (unpaired) electrons. The van der Waals surface area contributed by atoms with Gasteiger partial charge in [0, 0.05) is 29.7 Å². The van der Waals surface area contributed by atoms with Crippen molar-refractivity contribution in [2.45, 2.75) is 38.8 Å². The van der Waals surface area contributed by atoms with E-state index in [0.717, 1.165) is 22.2 Å². The smallest absolute Gasteiger partial charge is 0.407 e. The predicted molar refractivity (Wildman–Crippen MR) is 90.8 cm³/mol. The van der Waals surface area contributed by atoms with Crippen molar-refractivity contribution in [3.63, 3.8) is 0 Å². The van der Waals surface area contributed by atoms with Crippen molar-refractivity contribution < 1.29 is 14.3 Å². The number of nitrogens with one attached hydrogen (secondary N) is 2. The van der Waals surface area contributed by atoms with E-state index in [-0.39, 0.29) is 6.04 Å². The molecule has 6 nitrogen and oxygen atoms in total. The number of hydrogen-bond donors (Lipinski definition) is 3. The van der Waals surface area contributed by atoms with Crippen molar-refractivity contribution in [3.05, 3.63) is 30.0 Å². The highest BCUT2D eigenvalue weighted by Crippen LogP contribution is 2.24. The third kappa shape index (κ3) is 4.63. The summed E-state index contributed by atoms with van der Waals surface area (Å²) >= 11 is 0. The van der Waals surface area contributed by atoms with Crippen molar-refractivity contribution >= 4 is 17.0 Å². The SMILES string of the molecule is COc1ccc2[nH]cc(C[C@@H](CN)NC(=O)OC(C)(C)C)c2c1. The number of benzene rings is 1. The van der Waals surface area contributed by atoms with E-state index in [1.165, 1.54) is 0 Å². The van der Waals surface area contributed by atoms with Crippen LogP contribution < -0.4 is 15.8 Å². The Morgan fingerprint density at radius 1 is 1.39 bits per heavy atom. The summed E-state index contributed by atoms with van der Waals surface area (Å²) in [5.74, 6) is 0.794. The largest absolute Gasteiger partial charge is 0.497 e. The van der Waals surface area contributed by atoms with Gasteiger partial charge in [-0.05, 0) is 51.0 Å². The van der Waals surface area contributed by atoms with Crippen LogP contribution in [0.3, 0.4) is 0 Å². The molecule has 0 saturated heterocycles. The maximum atomic E-state index is 11.9. The molecule has 0 aliphatic carbocycles. The number of methoxy groups -OCH3 is 1. The van der Waals surface area contributed by atoms with Crippen molar-refractivity contribution in [2.75, 3.05) is 13.7 Å². The summed E-state index contributed by atoms with van der Waals surface area (Å²) in [6.45, 7) is 5.82. The summed E-state index contributed by atoms with van der Waals surface area (Å²) in [7, 11) is 1.64. The van der Waals surface area contributed by atoms with Gasteiger partial charge < -0.3 is 25.5 Å². The third-order valence-corrected chi connectivity index (χ3v) is 3.45. The van der Waals surface area contributed by atoms with Crippen molar-refractivity contribution in [2.24, 2.45) is 5.73 Å². The lowest BCUT2D eigenvalue weighted by molar-refractivity contribution is 0.0506. The fourth-order valence-electron chi connectivity index (χ4n) is 2.39. The van der Waals surface area contributed by atoms with Crippen LogP contribution >= 0.6 is 0 Å². The average Bonchev–Trinajstić information content (AvgIpc) is 2.86. The maximum absolute atomic E-state index is 11.9.